The van der Waals surface area contributed by atoms with Crippen LogP contribution >= 0.6 is 0 Å². The number of nitriles is 1. The van der Waals surface area contributed by atoms with E-state index in [0.717, 1.165) is 37.2 Å². The minimum Gasteiger partial charge on any atom is -0.383 e. The van der Waals surface area contributed by atoms with Crippen LogP contribution in [0.1, 0.15) is 35.7 Å². The maximum Gasteiger partial charge on any atom is 0.253 e. The molecule has 38 heavy (non-hydrogen) atoms. The molecule has 3 heterocycles. The van der Waals surface area contributed by atoms with Crippen LogP contribution in [0.4, 0.5) is 11.5 Å². The summed E-state index contributed by atoms with van der Waals surface area (Å²) in [7, 11) is 1.88. The number of nitrogens with one attached hydrogen (secondary N) is 1. The Morgan fingerprint density at radius 2 is 1.82 bits per heavy atom. The summed E-state index contributed by atoms with van der Waals surface area (Å²) in [4.78, 5) is 35.5. The molecule has 1 aliphatic heterocycles. The predicted octanol–water partition coefficient (Wildman–Crippen LogP) is 4.51. The molecule has 1 aliphatic rings. The zero-order valence-corrected chi connectivity index (χ0v) is 21.3. The Balaban J connectivity index is 1.67. The summed E-state index contributed by atoms with van der Waals surface area (Å²) in [5.74, 6) is -0.0365. The van der Waals surface area contributed by atoms with Crippen LogP contribution in [0.2, 0.25) is 0 Å². The third kappa shape index (κ3) is 4.26. The van der Waals surface area contributed by atoms with Crippen LogP contribution < -0.4 is 11.1 Å². The predicted molar refractivity (Wildman–Crippen MR) is 147 cm³/mol. The topological polar surface area (TPSA) is 130 Å². The van der Waals surface area contributed by atoms with Crippen molar-refractivity contribution in [2.75, 3.05) is 24.1 Å². The molecule has 0 spiro atoms. The lowest BCUT2D eigenvalue weighted by Crippen LogP contribution is -2.27. The third-order valence-electron chi connectivity index (χ3n) is 6.85. The summed E-state index contributed by atoms with van der Waals surface area (Å²) in [6.07, 6.45) is 3.39. The van der Waals surface area contributed by atoms with E-state index in [1.54, 1.807) is 37.3 Å². The summed E-state index contributed by atoms with van der Waals surface area (Å²) >= 11 is 0. The van der Waals surface area contributed by atoms with Crippen LogP contribution in [0.3, 0.4) is 0 Å². The van der Waals surface area contributed by atoms with Crippen LogP contribution in [0.15, 0.2) is 60.9 Å². The van der Waals surface area contributed by atoms with E-state index >= 15 is 0 Å². The number of anilines is 2. The number of rotatable bonds is 5. The molecule has 1 fully saturated rings. The van der Waals surface area contributed by atoms with Crippen molar-refractivity contribution in [3.63, 3.8) is 0 Å². The van der Waals surface area contributed by atoms with E-state index in [-0.39, 0.29) is 11.8 Å². The first-order valence-electron chi connectivity index (χ1n) is 12.3. The van der Waals surface area contributed by atoms with Gasteiger partial charge in [-0.25, -0.2) is 9.97 Å². The first-order valence-corrected chi connectivity index (χ1v) is 12.3. The number of fused-ring (bicyclic) bond motifs is 1. The zero-order valence-electron chi connectivity index (χ0n) is 21.3. The third-order valence-corrected chi connectivity index (χ3v) is 6.85. The number of nitrogen functional groups attached to an aromatic ring is 1. The number of benzene rings is 2. The van der Waals surface area contributed by atoms with Crippen LogP contribution in [-0.4, -0.2) is 44.3 Å². The lowest BCUT2D eigenvalue weighted by Gasteiger charge is -2.16. The molecule has 0 saturated carbocycles. The number of aryl methyl sites for hydroxylation is 1. The van der Waals surface area contributed by atoms with E-state index in [2.05, 4.69) is 27.9 Å². The average Bonchev–Trinajstić information content (AvgIpc) is 3.56. The van der Waals surface area contributed by atoms with Crippen molar-refractivity contribution in [1.29, 1.82) is 5.26 Å². The summed E-state index contributed by atoms with van der Waals surface area (Å²) in [6, 6.07) is 14.8. The van der Waals surface area contributed by atoms with Crippen LogP contribution in [0.5, 0.6) is 0 Å². The molecule has 0 aliphatic carbocycles. The van der Waals surface area contributed by atoms with Crippen molar-refractivity contribution in [3.05, 3.63) is 72.1 Å². The number of likely N-dealkylation sites (tertiary alicyclic amines) is 1. The van der Waals surface area contributed by atoms with Gasteiger partial charge in [0, 0.05) is 48.1 Å². The molecular weight excluding hydrogens is 478 g/mol. The highest BCUT2D eigenvalue weighted by Gasteiger charge is 2.25. The highest BCUT2D eigenvalue weighted by molar-refractivity contribution is 6.09. The Morgan fingerprint density at radius 1 is 1.11 bits per heavy atom. The van der Waals surface area contributed by atoms with Crippen molar-refractivity contribution in [3.8, 4) is 28.5 Å². The monoisotopic (exact) mass is 505 g/mol. The Morgan fingerprint density at radius 3 is 2.47 bits per heavy atom. The van der Waals surface area contributed by atoms with Crippen molar-refractivity contribution < 1.29 is 9.59 Å². The number of nitrogens with two attached hydrogens (primary N) is 1. The molecule has 0 bridgehead atoms. The maximum atomic E-state index is 13.0. The Labute approximate surface area is 220 Å². The fourth-order valence-electron chi connectivity index (χ4n) is 4.92. The molecule has 9 heteroatoms. The normalized spacial score (nSPS) is 12.9. The number of carbonyl (C=O) groups excluding carboxylic acids is 2. The van der Waals surface area contributed by atoms with E-state index in [9.17, 15) is 14.9 Å². The summed E-state index contributed by atoms with van der Waals surface area (Å²) < 4.78 is 1.91. The molecule has 5 rings (SSSR count). The molecule has 2 aromatic carbocycles. The number of amides is 2. The molecule has 0 atom stereocenters. The quantitative estimate of drug-likeness (QED) is 0.384. The van der Waals surface area contributed by atoms with Gasteiger partial charge in [0.25, 0.3) is 11.8 Å². The van der Waals surface area contributed by atoms with Crippen LogP contribution in [0.25, 0.3) is 33.4 Å². The smallest absolute Gasteiger partial charge is 0.253 e. The SMILES string of the molecule is C=C(C)C(=O)Nc1ccc(-c2c(-c3ccc(C(=O)N4CCCC4)cc3C#N)c3c(N)ncnc3n2C)cc1. The Kier molecular flexibility index (Phi) is 6.39. The molecule has 4 aromatic rings. The second-order valence-electron chi connectivity index (χ2n) is 9.42. The average molecular weight is 506 g/mol. The van der Waals surface area contributed by atoms with Crippen molar-refractivity contribution >= 4 is 34.4 Å². The lowest BCUT2D eigenvalue weighted by atomic mass is 9.93. The standard InChI is InChI=1S/C29H27N7O2/c1-17(2)28(37)34-21-9-6-18(7-10-21)25-23(24-26(31)32-16-33-27(24)35(25)3)22-11-8-19(14-20(22)15-30)29(38)36-12-4-5-13-36/h6-11,14,16H,1,4-5,12-13H2,2-3H3,(H,34,37)(H2,31,32,33). The number of nitrogens with zero attached hydrogens (tertiary/aromatic N) is 5. The van der Waals surface area contributed by atoms with Crippen molar-refractivity contribution in [2.45, 2.75) is 19.8 Å². The van der Waals surface area contributed by atoms with Gasteiger partial charge in [-0.3, -0.25) is 9.59 Å². The second-order valence-corrected chi connectivity index (χ2v) is 9.42. The molecular formula is C29H27N7O2. The number of hydrogen-bond acceptors (Lipinski definition) is 6. The summed E-state index contributed by atoms with van der Waals surface area (Å²) in [5.41, 5.74) is 11.8. The van der Waals surface area contributed by atoms with E-state index in [1.807, 2.05) is 28.6 Å². The van der Waals surface area contributed by atoms with E-state index < -0.39 is 0 Å². The summed E-state index contributed by atoms with van der Waals surface area (Å²) in [6.45, 7) is 6.78. The molecule has 3 N–H and O–H groups in total. The van der Waals surface area contributed by atoms with E-state index in [1.165, 1.54) is 6.33 Å². The molecule has 190 valence electrons. The van der Waals surface area contributed by atoms with Gasteiger partial charge in [-0.15, -0.1) is 0 Å². The van der Waals surface area contributed by atoms with Gasteiger partial charge in [-0.1, -0.05) is 24.8 Å². The fraction of sp³-hybridized carbons (Fsp3) is 0.207. The number of aromatic nitrogens is 3. The fourth-order valence-corrected chi connectivity index (χ4v) is 4.92. The minimum absolute atomic E-state index is 0.0704. The van der Waals surface area contributed by atoms with Crippen molar-refractivity contribution in [2.24, 2.45) is 7.05 Å². The van der Waals surface area contributed by atoms with Gasteiger partial charge in [0.1, 0.15) is 17.8 Å². The minimum atomic E-state index is -0.256. The number of hydrogen-bond donors (Lipinski definition) is 2. The molecule has 9 nitrogen and oxygen atoms in total. The highest BCUT2D eigenvalue weighted by Crippen LogP contribution is 2.43. The first kappa shape index (κ1) is 24.7. The van der Waals surface area contributed by atoms with Gasteiger partial charge in [0.05, 0.1) is 22.7 Å². The lowest BCUT2D eigenvalue weighted by molar-refractivity contribution is -0.112. The van der Waals surface area contributed by atoms with Gasteiger partial charge < -0.3 is 20.5 Å². The van der Waals surface area contributed by atoms with Gasteiger partial charge in [-0.05, 0) is 49.6 Å². The van der Waals surface area contributed by atoms with Gasteiger partial charge in [0.2, 0.25) is 0 Å². The van der Waals surface area contributed by atoms with E-state index in [4.69, 9.17) is 5.73 Å². The van der Waals surface area contributed by atoms with Crippen LogP contribution in [-0.2, 0) is 11.8 Å². The van der Waals surface area contributed by atoms with Gasteiger partial charge in [-0.2, -0.15) is 5.26 Å². The molecule has 1 saturated heterocycles. The molecule has 0 unspecified atom stereocenters. The molecule has 0 radical (unpaired) electrons. The van der Waals surface area contributed by atoms with Gasteiger partial charge >= 0.3 is 0 Å². The maximum absolute atomic E-state index is 13.0. The van der Waals surface area contributed by atoms with Crippen molar-refractivity contribution in [1.82, 2.24) is 19.4 Å². The van der Waals surface area contributed by atoms with Gasteiger partial charge in [0.15, 0.2) is 0 Å². The largest absolute Gasteiger partial charge is 0.383 e. The van der Waals surface area contributed by atoms with E-state index in [0.29, 0.717) is 50.4 Å². The molecule has 2 aromatic heterocycles. The van der Waals surface area contributed by atoms with Crippen LogP contribution in [0, 0.1) is 11.3 Å². The second kappa shape index (κ2) is 9.82. The first-order chi connectivity index (χ1) is 18.3. The number of carbonyl (C=O) groups is 2. The Hall–Kier alpha value is -4.97. The summed E-state index contributed by atoms with van der Waals surface area (Å²) in [5, 5.41) is 13.6. The highest BCUT2D eigenvalue weighted by atomic mass is 16.2. The zero-order chi connectivity index (χ0) is 27.0. The molecule has 2 amide bonds. The Bertz CT molecular complexity index is 1640.